The number of hydrogen-bond donors (Lipinski definition) is 0. The molecule has 0 heterocycles. The molecule has 7 nitrogen and oxygen atoms in total. The summed E-state index contributed by atoms with van der Waals surface area (Å²) >= 11 is 0. The van der Waals surface area contributed by atoms with Crippen molar-refractivity contribution in [2.75, 3.05) is 20.2 Å². The molecular weight excluding hydrogens is 452 g/mol. The molecule has 0 spiro atoms. The molecule has 196 valence electrons. The molecule has 3 atom stereocenters. The first-order chi connectivity index (χ1) is 17.6. The van der Waals surface area contributed by atoms with Gasteiger partial charge in [-0.15, -0.1) is 0 Å². The van der Waals surface area contributed by atoms with Gasteiger partial charge in [-0.25, -0.2) is 0 Å². The van der Waals surface area contributed by atoms with E-state index in [2.05, 4.69) is 53.0 Å². The van der Waals surface area contributed by atoms with E-state index in [1.165, 1.54) is 12.7 Å². The molecule has 0 amide bonds. The average molecular weight is 495 g/mol. The number of azide groups is 1. The van der Waals surface area contributed by atoms with Gasteiger partial charge in [0.05, 0.1) is 26.2 Å². The summed E-state index contributed by atoms with van der Waals surface area (Å²) in [5, 5.41) is 3.72. The van der Waals surface area contributed by atoms with Crippen molar-refractivity contribution >= 4 is 5.97 Å². The number of esters is 1. The van der Waals surface area contributed by atoms with Crippen molar-refractivity contribution in [3.63, 3.8) is 0 Å². The van der Waals surface area contributed by atoms with E-state index >= 15 is 0 Å². The topological polar surface area (TPSA) is 87.5 Å². The molecule has 0 bridgehead atoms. The molecule has 2 aromatic rings. The molecular formula is C29H42N4O3. The maximum Gasteiger partial charge on any atom is 0.307 e. The van der Waals surface area contributed by atoms with E-state index in [1.54, 1.807) is 0 Å². The molecule has 0 radical (unpaired) electrons. The standard InChI is InChI=1S/C29H42N4O3/c1-4-5-8-18-28(36-23-25-14-9-6-10-15-25)21-27(22-29(34)35-3)33(20-13-19-31-32-30)24(2)26-16-11-7-12-17-26/h6-7,9-12,14-17,24,27-28H,4-5,8,13,18-23H2,1-3H3/t24-,27-,28-/m0/s1. The highest BCUT2D eigenvalue weighted by molar-refractivity contribution is 5.69. The Balaban J connectivity index is 2.27. The van der Waals surface area contributed by atoms with Crippen LogP contribution in [0.2, 0.25) is 0 Å². The van der Waals surface area contributed by atoms with E-state index in [-0.39, 0.29) is 30.6 Å². The van der Waals surface area contributed by atoms with E-state index in [4.69, 9.17) is 15.0 Å². The number of carbonyl (C=O) groups excluding carboxylic acids is 1. The number of ether oxygens (including phenoxy) is 2. The van der Waals surface area contributed by atoms with E-state index in [0.29, 0.717) is 26.1 Å². The molecule has 0 saturated heterocycles. The second kappa shape index (κ2) is 17.6. The number of hydrogen-bond acceptors (Lipinski definition) is 5. The molecule has 0 aliphatic rings. The Morgan fingerprint density at radius 3 is 2.39 bits per heavy atom. The SMILES string of the molecule is CCCCC[C@@H](C[C@@H](CC(=O)OC)N(CCCN=[N+]=[N-])[C@@H](C)c1ccccc1)OCc1ccccc1. The van der Waals surface area contributed by atoms with Crippen LogP contribution in [0.15, 0.2) is 65.8 Å². The van der Waals surface area contributed by atoms with Gasteiger partial charge in [0, 0.05) is 23.5 Å². The van der Waals surface area contributed by atoms with Gasteiger partial charge in [0.15, 0.2) is 0 Å². The predicted octanol–water partition coefficient (Wildman–Crippen LogP) is 7.24. The second-order valence-electron chi connectivity index (χ2n) is 9.22. The zero-order valence-electron chi connectivity index (χ0n) is 22.1. The summed E-state index contributed by atoms with van der Waals surface area (Å²) in [5.41, 5.74) is 11.0. The summed E-state index contributed by atoms with van der Waals surface area (Å²) in [6.45, 7) is 6.05. The van der Waals surface area contributed by atoms with Crippen LogP contribution in [0.25, 0.3) is 10.4 Å². The van der Waals surface area contributed by atoms with Gasteiger partial charge in [-0.05, 0) is 49.4 Å². The Bertz CT molecular complexity index is 903. The average Bonchev–Trinajstić information content (AvgIpc) is 2.92. The normalized spacial score (nSPS) is 13.6. The van der Waals surface area contributed by atoms with Crippen LogP contribution < -0.4 is 0 Å². The first kappa shape index (κ1) is 29.4. The highest BCUT2D eigenvalue weighted by Crippen LogP contribution is 2.28. The lowest BCUT2D eigenvalue weighted by molar-refractivity contribution is -0.142. The zero-order chi connectivity index (χ0) is 26.0. The maximum atomic E-state index is 12.5. The molecule has 0 aliphatic carbocycles. The number of benzene rings is 2. The van der Waals surface area contributed by atoms with Crippen molar-refractivity contribution in [3.05, 3.63) is 82.2 Å². The van der Waals surface area contributed by atoms with Crippen molar-refractivity contribution in [1.29, 1.82) is 0 Å². The molecule has 7 heteroatoms. The summed E-state index contributed by atoms with van der Waals surface area (Å²) in [5.74, 6) is -0.226. The van der Waals surface area contributed by atoms with Gasteiger partial charge in [0.2, 0.25) is 0 Å². The lowest BCUT2D eigenvalue weighted by Gasteiger charge is -2.38. The number of nitrogens with zero attached hydrogens (tertiary/aromatic N) is 4. The summed E-state index contributed by atoms with van der Waals surface area (Å²) in [6, 6.07) is 20.5. The fraction of sp³-hybridized carbons (Fsp3) is 0.552. The monoisotopic (exact) mass is 494 g/mol. The van der Waals surface area contributed by atoms with Gasteiger partial charge >= 0.3 is 5.97 Å². The Morgan fingerprint density at radius 2 is 1.75 bits per heavy atom. The molecule has 2 rings (SSSR count). The van der Waals surface area contributed by atoms with Crippen molar-refractivity contribution in [2.45, 2.75) is 83.6 Å². The molecule has 0 unspecified atom stereocenters. The zero-order valence-corrected chi connectivity index (χ0v) is 22.1. The summed E-state index contributed by atoms with van der Waals surface area (Å²) in [4.78, 5) is 17.8. The van der Waals surface area contributed by atoms with E-state index in [0.717, 1.165) is 37.7 Å². The van der Waals surface area contributed by atoms with E-state index < -0.39 is 0 Å². The van der Waals surface area contributed by atoms with Crippen molar-refractivity contribution in [3.8, 4) is 0 Å². The van der Waals surface area contributed by atoms with Crippen LogP contribution in [0.1, 0.15) is 76.0 Å². The molecule has 0 saturated carbocycles. The van der Waals surface area contributed by atoms with Crippen molar-refractivity contribution < 1.29 is 14.3 Å². The Kier molecular flexibility index (Phi) is 14.3. The fourth-order valence-electron chi connectivity index (χ4n) is 4.58. The van der Waals surface area contributed by atoms with Gasteiger partial charge < -0.3 is 9.47 Å². The van der Waals surface area contributed by atoms with Crippen LogP contribution in [0.3, 0.4) is 0 Å². The first-order valence-corrected chi connectivity index (χ1v) is 13.1. The lowest BCUT2D eigenvalue weighted by Crippen LogP contribution is -2.42. The summed E-state index contributed by atoms with van der Waals surface area (Å²) in [6.07, 6.45) is 6.09. The van der Waals surface area contributed by atoms with Gasteiger partial charge in [-0.3, -0.25) is 9.69 Å². The first-order valence-electron chi connectivity index (χ1n) is 13.1. The van der Waals surface area contributed by atoms with Gasteiger partial charge in [-0.2, -0.15) is 0 Å². The number of unbranched alkanes of at least 4 members (excludes halogenated alkanes) is 2. The van der Waals surface area contributed by atoms with Gasteiger partial charge in [-0.1, -0.05) is 92.0 Å². The molecule has 36 heavy (non-hydrogen) atoms. The highest BCUT2D eigenvalue weighted by Gasteiger charge is 2.29. The summed E-state index contributed by atoms with van der Waals surface area (Å²) < 4.78 is 11.5. The predicted molar refractivity (Wildman–Crippen MR) is 144 cm³/mol. The quantitative estimate of drug-likeness (QED) is 0.0718. The largest absolute Gasteiger partial charge is 0.469 e. The van der Waals surface area contributed by atoms with Crippen molar-refractivity contribution in [2.24, 2.45) is 5.11 Å². The third kappa shape index (κ3) is 10.8. The Morgan fingerprint density at radius 1 is 1.06 bits per heavy atom. The molecule has 2 aromatic carbocycles. The van der Waals surface area contributed by atoms with Crippen LogP contribution >= 0.6 is 0 Å². The van der Waals surface area contributed by atoms with Crippen LogP contribution in [0.5, 0.6) is 0 Å². The molecule has 0 fully saturated rings. The van der Waals surface area contributed by atoms with Crippen LogP contribution in [0.4, 0.5) is 0 Å². The smallest absolute Gasteiger partial charge is 0.307 e. The van der Waals surface area contributed by atoms with Crippen LogP contribution in [-0.4, -0.2) is 43.2 Å². The minimum atomic E-state index is -0.226. The number of carbonyl (C=O) groups is 1. The van der Waals surface area contributed by atoms with Gasteiger partial charge in [0.25, 0.3) is 0 Å². The number of rotatable bonds is 18. The summed E-state index contributed by atoms with van der Waals surface area (Å²) in [7, 11) is 1.44. The maximum absolute atomic E-state index is 12.5. The second-order valence-corrected chi connectivity index (χ2v) is 9.22. The fourth-order valence-corrected chi connectivity index (χ4v) is 4.58. The molecule has 0 aromatic heterocycles. The third-order valence-corrected chi connectivity index (χ3v) is 6.61. The van der Waals surface area contributed by atoms with Crippen LogP contribution in [-0.2, 0) is 20.9 Å². The van der Waals surface area contributed by atoms with E-state index in [1.807, 2.05) is 36.4 Å². The molecule has 0 aliphatic heterocycles. The third-order valence-electron chi connectivity index (χ3n) is 6.61. The Labute approximate surface area is 216 Å². The van der Waals surface area contributed by atoms with Crippen molar-refractivity contribution in [1.82, 2.24) is 4.90 Å². The minimum absolute atomic E-state index is 0.0222. The lowest BCUT2D eigenvalue weighted by atomic mass is 9.96. The van der Waals surface area contributed by atoms with E-state index in [9.17, 15) is 4.79 Å². The highest BCUT2D eigenvalue weighted by atomic mass is 16.5. The van der Waals surface area contributed by atoms with Crippen LogP contribution in [0, 0.1) is 0 Å². The minimum Gasteiger partial charge on any atom is -0.469 e. The van der Waals surface area contributed by atoms with Gasteiger partial charge in [0.1, 0.15) is 0 Å². The molecule has 0 N–H and O–H groups in total. The Hall–Kier alpha value is -2.86. The number of methoxy groups -OCH3 is 1.